The van der Waals surface area contributed by atoms with Crippen LogP contribution in [0.3, 0.4) is 0 Å². The van der Waals surface area contributed by atoms with Crippen molar-refractivity contribution in [2.45, 2.75) is 19.5 Å². The second kappa shape index (κ2) is 6.48. The van der Waals surface area contributed by atoms with Gasteiger partial charge in [-0.15, -0.1) is 0 Å². The van der Waals surface area contributed by atoms with Gasteiger partial charge in [0.25, 0.3) is 0 Å². The van der Waals surface area contributed by atoms with Crippen molar-refractivity contribution < 1.29 is 4.39 Å². The van der Waals surface area contributed by atoms with Crippen LogP contribution in [-0.4, -0.2) is 24.0 Å². The molecule has 0 saturated carbocycles. The summed E-state index contributed by atoms with van der Waals surface area (Å²) in [5.41, 5.74) is 3.12. The van der Waals surface area contributed by atoms with Gasteiger partial charge in [-0.25, -0.2) is 4.39 Å². The van der Waals surface area contributed by atoms with E-state index < -0.39 is 0 Å². The van der Waals surface area contributed by atoms with E-state index in [4.69, 9.17) is 0 Å². The number of hydrogen-bond donors (Lipinski definition) is 1. The van der Waals surface area contributed by atoms with E-state index in [1.165, 1.54) is 17.8 Å². The summed E-state index contributed by atoms with van der Waals surface area (Å²) in [6, 6.07) is 11.5. The Morgan fingerprint density at radius 3 is 2.70 bits per heavy atom. The summed E-state index contributed by atoms with van der Waals surface area (Å²) < 4.78 is 12.9. The third kappa shape index (κ3) is 4.03. The minimum absolute atomic E-state index is 0.0326. The maximum absolute atomic E-state index is 12.9. The molecule has 1 N–H and O–H groups in total. The molecule has 3 nitrogen and oxygen atoms in total. The zero-order valence-corrected chi connectivity index (χ0v) is 12.1. The standard InChI is InChI=1S/C16H20FN3/c1-12(16-8-7-14(17)10-18-16)19-15-6-4-5-13(9-15)11-20(2)3/h4-10,12,19H,11H2,1-3H3. The van der Waals surface area contributed by atoms with Crippen LogP contribution < -0.4 is 5.32 Å². The van der Waals surface area contributed by atoms with Gasteiger partial charge < -0.3 is 10.2 Å². The SMILES string of the molecule is CC(Nc1cccc(CN(C)C)c1)c1ccc(F)cn1. The molecule has 1 unspecified atom stereocenters. The Labute approximate surface area is 119 Å². The van der Waals surface area contributed by atoms with Gasteiger partial charge in [0.1, 0.15) is 5.82 Å². The molecule has 0 aliphatic rings. The predicted molar refractivity (Wildman–Crippen MR) is 80.1 cm³/mol. The van der Waals surface area contributed by atoms with Gasteiger partial charge in [0, 0.05) is 12.2 Å². The molecule has 1 atom stereocenters. The Bertz CT molecular complexity index is 552. The molecular weight excluding hydrogens is 253 g/mol. The lowest BCUT2D eigenvalue weighted by molar-refractivity contribution is 0.402. The van der Waals surface area contributed by atoms with E-state index >= 15 is 0 Å². The number of hydrogen-bond acceptors (Lipinski definition) is 3. The van der Waals surface area contributed by atoms with Gasteiger partial charge in [-0.1, -0.05) is 12.1 Å². The van der Waals surface area contributed by atoms with Crippen molar-refractivity contribution in [1.82, 2.24) is 9.88 Å². The second-order valence-electron chi connectivity index (χ2n) is 5.21. The van der Waals surface area contributed by atoms with Gasteiger partial charge in [0.05, 0.1) is 17.9 Å². The van der Waals surface area contributed by atoms with Crippen LogP contribution in [0.15, 0.2) is 42.6 Å². The quantitative estimate of drug-likeness (QED) is 0.904. The number of pyridine rings is 1. The van der Waals surface area contributed by atoms with Gasteiger partial charge in [0.15, 0.2) is 0 Å². The number of anilines is 1. The highest BCUT2D eigenvalue weighted by Crippen LogP contribution is 2.19. The molecule has 0 amide bonds. The summed E-state index contributed by atoms with van der Waals surface area (Å²) in [4.78, 5) is 6.23. The molecule has 2 aromatic rings. The Balaban J connectivity index is 2.07. The number of aromatic nitrogens is 1. The molecule has 0 radical (unpaired) electrons. The Kier molecular flexibility index (Phi) is 4.69. The average molecular weight is 273 g/mol. The summed E-state index contributed by atoms with van der Waals surface area (Å²) in [5.74, 6) is -0.311. The Morgan fingerprint density at radius 1 is 1.25 bits per heavy atom. The van der Waals surface area contributed by atoms with E-state index in [0.29, 0.717) is 0 Å². The van der Waals surface area contributed by atoms with Crippen LogP contribution >= 0.6 is 0 Å². The number of nitrogens with zero attached hydrogens (tertiary/aromatic N) is 2. The van der Waals surface area contributed by atoms with Crippen LogP contribution in [0.25, 0.3) is 0 Å². The molecule has 4 heteroatoms. The van der Waals surface area contributed by atoms with Gasteiger partial charge in [-0.2, -0.15) is 0 Å². The summed E-state index contributed by atoms with van der Waals surface area (Å²) in [7, 11) is 4.09. The first kappa shape index (κ1) is 14.5. The van der Waals surface area contributed by atoms with E-state index in [2.05, 4.69) is 27.3 Å². The van der Waals surface area contributed by atoms with Gasteiger partial charge in [-0.05, 0) is 50.8 Å². The molecule has 1 aromatic heterocycles. The van der Waals surface area contributed by atoms with Crippen molar-refractivity contribution in [2.75, 3.05) is 19.4 Å². The zero-order chi connectivity index (χ0) is 14.5. The van der Waals surface area contributed by atoms with E-state index in [1.807, 2.05) is 33.2 Å². The summed E-state index contributed by atoms with van der Waals surface area (Å²) in [6.07, 6.45) is 1.25. The molecule has 0 bridgehead atoms. The lowest BCUT2D eigenvalue weighted by atomic mass is 10.1. The lowest BCUT2D eigenvalue weighted by Crippen LogP contribution is -2.12. The molecule has 2 rings (SSSR count). The maximum Gasteiger partial charge on any atom is 0.141 e. The van der Waals surface area contributed by atoms with Gasteiger partial charge in [0.2, 0.25) is 0 Å². The smallest absolute Gasteiger partial charge is 0.141 e. The molecule has 0 fully saturated rings. The Morgan fingerprint density at radius 2 is 2.05 bits per heavy atom. The molecule has 0 spiro atoms. The molecule has 0 aliphatic heterocycles. The molecule has 20 heavy (non-hydrogen) atoms. The first-order valence-electron chi connectivity index (χ1n) is 6.66. The van der Waals surface area contributed by atoms with Crippen molar-refractivity contribution in [3.63, 3.8) is 0 Å². The molecular formula is C16H20FN3. The van der Waals surface area contributed by atoms with Crippen molar-refractivity contribution >= 4 is 5.69 Å². The normalized spacial score (nSPS) is 12.4. The van der Waals surface area contributed by atoms with Crippen molar-refractivity contribution in [1.29, 1.82) is 0 Å². The summed E-state index contributed by atoms with van der Waals surface area (Å²) in [5, 5.41) is 3.39. The lowest BCUT2D eigenvalue weighted by Gasteiger charge is -2.16. The zero-order valence-electron chi connectivity index (χ0n) is 12.1. The molecule has 106 valence electrons. The van der Waals surface area contributed by atoms with Crippen molar-refractivity contribution in [3.05, 3.63) is 59.7 Å². The van der Waals surface area contributed by atoms with Crippen LogP contribution in [0.4, 0.5) is 10.1 Å². The molecule has 0 aliphatic carbocycles. The molecule has 1 heterocycles. The highest BCUT2D eigenvalue weighted by molar-refractivity contribution is 5.47. The van der Waals surface area contributed by atoms with Crippen LogP contribution in [0.5, 0.6) is 0 Å². The van der Waals surface area contributed by atoms with Gasteiger partial charge >= 0.3 is 0 Å². The first-order chi connectivity index (χ1) is 9.54. The third-order valence-electron chi connectivity index (χ3n) is 3.00. The highest BCUT2D eigenvalue weighted by atomic mass is 19.1. The molecule has 1 aromatic carbocycles. The first-order valence-corrected chi connectivity index (χ1v) is 6.66. The minimum Gasteiger partial charge on any atom is -0.377 e. The average Bonchev–Trinajstić information content (AvgIpc) is 2.39. The highest BCUT2D eigenvalue weighted by Gasteiger charge is 2.07. The number of rotatable bonds is 5. The monoisotopic (exact) mass is 273 g/mol. The van der Waals surface area contributed by atoms with Crippen LogP contribution in [-0.2, 0) is 6.54 Å². The predicted octanol–water partition coefficient (Wildman–Crippen LogP) is 3.46. The van der Waals surface area contributed by atoms with Crippen molar-refractivity contribution in [2.24, 2.45) is 0 Å². The van der Waals surface area contributed by atoms with Crippen LogP contribution in [0, 0.1) is 5.82 Å². The third-order valence-corrected chi connectivity index (χ3v) is 3.00. The van der Waals surface area contributed by atoms with E-state index in [1.54, 1.807) is 6.07 Å². The van der Waals surface area contributed by atoms with Gasteiger partial charge in [-0.3, -0.25) is 4.98 Å². The van der Waals surface area contributed by atoms with Crippen molar-refractivity contribution in [3.8, 4) is 0 Å². The maximum atomic E-state index is 12.9. The number of nitrogens with one attached hydrogen (secondary N) is 1. The topological polar surface area (TPSA) is 28.2 Å². The largest absolute Gasteiger partial charge is 0.377 e. The summed E-state index contributed by atoms with van der Waals surface area (Å²) >= 11 is 0. The number of halogens is 1. The second-order valence-corrected chi connectivity index (χ2v) is 5.21. The van der Waals surface area contributed by atoms with E-state index in [-0.39, 0.29) is 11.9 Å². The van der Waals surface area contributed by atoms with Crippen LogP contribution in [0.1, 0.15) is 24.2 Å². The van der Waals surface area contributed by atoms with E-state index in [0.717, 1.165) is 17.9 Å². The van der Waals surface area contributed by atoms with Crippen LogP contribution in [0.2, 0.25) is 0 Å². The fourth-order valence-corrected chi connectivity index (χ4v) is 2.09. The van der Waals surface area contributed by atoms with E-state index in [9.17, 15) is 4.39 Å². The molecule has 0 saturated heterocycles. The fourth-order valence-electron chi connectivity index (χ4n) is 2.09. The number of benzene rings is 1. The Hall–Kier alpha value is -1.94. The minimum atomic E-state index is -0.311. The summed E-state index contributed by atoms with van der Waals surface area (Å²) in [6.45, 7) is 2.91. The fraction of sp³-hybridized carbons (Fsp3) is 0.312.